The number of aryl methyl sites for hydroxylation is 1. The number of aliphatic carboxylic acids is 1. The van der Waals surface area contributed by atoms with Crippen molar-refractivity contribution in [2.45, 2.75) is 32.5 Å². The molecule has 1 atom stereocenters. The number of aromatic nitrogens is 2. The number of carboxylic acids is 1. The van der Waals surface area contributed by atoms with Gasteiger partial charge in [-0.1, -0.05) is 0 Å². The van der Waals surface area contributed by atoms with Gasteiger partial charge in [-0.05, 0) is 30.4 Å². The van der Waals surface area contributed by atoms with Gasteiger partial charge in [-0.3, -0.25) is 14.4 Å². The Labute approximate surface area is 121 Å². The lowest BCUT2D eigenvalue weighted by Gasteiger charge is -2.32. The largest absolute Gasteiger partial charge is 0.480 e. The zero-order chi connectivity index (χ0) is 14.1. The number of rotatable bonds is 4. The quantitative estimate of drug-likeness (QED) is 0.937. The molecule has 1 unspecified atom stereocenters. The van der Waals surface area contributed by atoms with E-state index in [9.17, 15) is 9.90 Å². The van der Waals surface area contributed by atoms with Crippen LogP contribution < -0.4 is 0 Å². The molecule has 6 heteroatoms. The van der Waals surface area contributed by atoms with Gasteiger partial charge in [-0.15, -0.1) is 11.3 Å². The van der Waals surface area contributed by atoms with E-state index in [2.05, 4.69) is 5.10 Å². The van der Waals surface area contributed by atoms with Crippen LogP contribution in [0.4, 0.5) is 0 Å². The lowest BCUT2D eigenvalue weighted by molar-refractivity contribution is -0.144. The lowest BCUT2D eigenvalue weighted by atomic mass is 9.99. The molecule has 1 aliphatic heterocycles. The Kier molecular flexibility index (Phi) is 3.58. The fourth-order valence-corrected chi connectivity index (χ4v) is 3.63. The van der Waals surface area contributed by atoms with Crippen molar-refractivity contribution in [3.63, 3.8) is 0 Å². The van der Waals surface area contributed by atoms with Gasteiger partial charge >= 0.3 is 5.97 Å². The van der Waals surface area contributed by atoms with E-state index in [1.165, 1.54) is 4.88 Å². The smallest absolute Gasteiger partial charge is 0.325 e. The Morgan fingerprint density at radius 3 is 3.15 bits per heavy atom. The lowest BCUT2D eigenvalue weighted by Crippen LogP contribution is -2.38. The van der Waals surface area contributed by atoms with Crippen LogP contribution in [0.1, 0.15) is 29.0 Å². The number of hydrogen-bond donors (Lipinski definition) is 1. The third-order valence-corrected chi connectivity index (χ3v) is 4.69. The maximum atomic E-state index is 11.6. The van der Waals surface area contributed by atoms with Crippen LogP contribution in [0.3, 0.4) is 0 Å². The summed E-state index contributed by atoms with van der Waals surface area (Å²) in [5.41, 5.74) is 2.02. The number of carboxylic acid groups (broad SMARTS) is 1. The summed E-state index contributed by atoms with van der Waals surface area (Å²) in [6.45, 7) is 4.28. The predicted octanol–water partition coefficient (Wildman–Crippen LogP) is 2.15. The summed E-state index contributed by atoms with van der Waals surface area (Å²) in [5.74, 6) is -0.771. The highest BCUT2D eigenvalue weighted by atomic mass is 32.1. The second-order valence-electron chi connectivity index (χ2n) is 4.96. The van der Waals surface area contributed by atoms with E-state index in [0.29, 0.717) is 6.54 Å². The van der Waals surface area contributed by atoms with Crippen LogP contribution in [-0.2, 0) is 24.3 Å². The molecule has 0 radical (unpaired) electrons. The minimum atomic E-state index is -0.771. The molecule has 0 aliphatic carbocycles. The molecule has 0 spiro atoms. The molecule has 5 nitrogen and oxygen atoms in total. The second-order valence-corrected chi connectivity index (χ2v) is 5.97. The molecular formula is C14H17N3O2S. The predicted molar refractivity (Wildman–Crippen MR) is 76.7 cm³/mol. The van der Waals surface area contributed by atoms with Crippen LogP contribution in [0.2, 0.25) is 0 Å². The van der Waals surface area contributed by atoms with Gasteiger partial charge in [-0.2, -0.15) is 5.10 Å². The first-order valence-corrected chi connectivity index (χ1v) is 7.61. The number of thiophene rings is 1. The van der Waals surface area contributed by atoms with Gasteiger partial charge in [0.05, 0.1) is 6.20 Å². The monoisotopic (exact) mass is 291 g/mol. The standard InChI is InChI=1S/C14H17N3O2S/c1-2-17-9-10(7-15-17)8-16-5-3-12-11(4-6-20-12)13(16)14(18)19/h4,6-7,9,13H,2-3,5,8H2,1H3,(H,18,19). The molecule has 0 bridgehead atoms. The summed E-state index contributed by atoms with van der Waals surface area (Å²) in [5, 5.41) is 15.8. The summed E-state index contributed by atoms with van der Waals surface area (Å²) in [7, 11) is 0. The summed E-state index contributed by atoms with van der Waals surface area (Å²) >= 11 is 1.66. The van der Waals surface area contributed by atoms with Gasteiger partial charge < -0.3 is 5.11 Å². The van der Waals surface area contributed by atoms with Gasteiger partial charge in [0.1, 0.15) is 6.04 Å². The van der Waals surface area contributed by atoms with E-state index in [0.717, 1.165) is 30.6 Å². The molecular weight excluding hydrogens is 274 g/mol. The molecule has 106 valence electrons. The molecule has 1 aliphatic rings. The molecule has 0 saturated heterocycles. The van der Waals surface area contributed by atoms with E-state index >= 15 is 0 Å². The van der Waals surface area contributed by atoms with E-state index in [1.54, 1.807) is 11.3 Å². The third kappa shape index (κ3) is 2.36. The number of carbonyl (C=O) groups is 1. The minimum absolute atomic E-state index is 0.532. The maximum Gasteiger partial charge on any atom is 0.325 e. The highest BCUT2D eigenvalue weighted by molar-refractivity contribution is 7.10. The van der Waals surface area contributed by atoms with E-state index in [4.69, 9.17) is 0 Å². The Morgan fingerprint density at radius 2 is 2.45 bits per heavy atom. The highest BCUT2D eigenvalue weighted by Gasteiger charge is 2.33. The van der Waals surface area contributed by atoms with Crippen LogP contribution >= 0.6 is 11.3 Å². The van der Waals surface area contributed by atoms with Gasteiger partial charge in [-0.25, -0.2) is 0 Å². The fourth-order valence-electron chi connectivity index (χ4n) is 2.72. The summed E-state index contributed by atoms with van der Waals surface area (Å²) in [6, 6.07) is 1.41. The van der Waals surface area contributed by atoms with Crippen LogP contribution in [0.25, 0.3) is 0 Å². The molecule has 0 amide bonds. The number of hydrogen-bond acceptors (Lipinski definition) is 4. The number of nitrogens with zero attached hydrogens (tertiary/aromatic N) is 3. The van der Waals surface area contributed by atoms with Crippen molar-refractivity contribution in [1.82, 2.24) is 14.7 Å². The van der Waals surface area contributed by atoms with Crippen LogP contribution in [0, 0.1) is 0 Å². The van der Waals surface area contributed by atoms with Gasteiger partial charge in [0, 0.05) is 36.3 Å². The fraction of sp³-hybridized carbons (Fsp3) is 0.429. The third-order valence-electron chi connectivity index (χ3n) is 3.70. The highest BCUT2D eigenvalue weighted by Crippen LogP contribution is 2.34. The van der Waals surface area contributed by atoms with Crippen LogP contribution in [0.5, 0.6) is 0 Å². The van der Waals surface area contributed by atoms with E-state index in [-0.39, 0.29) is 0 Å². The Bertz CT molecular complexity index is 619. The van der Waals surface area contributed by atoms with Crippen molar-refractivity contribution >= 4 is 17.3 Å². The van der Waals surface area contributed by atoms with Crippen molar-refractivity contribution in [3.05, 3.63) is 39.8 Å². The van der Waals surface area contributed by atoms with Crippen molar-refractivity contribution in [2.75, 3.05) is 6.54 Å². The minimum Gasteiger partial charge on any atom is -0.480 e. The summed E-state index contributed by atoms with van der Waals surface area (Å²) in [6.07, 6.45) is 4.74. The first-order chi connectivity index (χ1) is 9.69. The molecule has 0 saturated carbocycles. The topological polar surface area (TPSA) is 58.4 Å². The van der Waals surface area contributed by atoms with Crippen molar-refractivity contribution in [1.29, 1.82) is 0 Å². The zero-order valence-electron chi connectivity index (χ0n) is 11.3. The molecule has 0 aromatic carbocycles. The average Bonchev–Trinajstić information content (AvgIpc) is 3.06. The summed E-state index contributed by atoms with van der Waals surface area (Å²) < 4.78 is 1.87. The molecule has 2 aromatic heterocycles. The zero-order valence-corrected chi connectivity index (χ0v) is 12.1. The van der Waals surface area contributed by atoms with Gasteiger partial charge in [0.25, 0.3) is 0 Å². The Morgan fingerprint density at radius 1 is 1.60 bits per heavy atom. The van der Waals surface area contributed by atoms with E-state index < -0.39 is 12.0 Å². The Hall–Kier alpha value is -1.66. The number of fused-ring (bicyclic) bond motifs is 1. The first-order valence-electron chi connectivity index (χ1n) is 6.73. The molecule has 3 rings (SSSR count). The van der Waals surface area contributed by atoms with E-state index in [1.807, 2.05) is 40.3 Å². The second kappa shape index (κ2) is 5.38. The van der Waals surface area contributed by atoms with Crippen molar-refractivity contribution < 1.29 is 9.90 Å². The summed E-state index contributed by atoms with van der Waals surface area (Å²) in [4.78, 5) is 14.8. The van der Waals surface area contributed by atoms with Gasteiger partial charge in [0.2, 0.25) is 0 Å². The molecule has 0 fully saturated rings. The van der Waals surface area contributed by atoms with Crippen LogP contribution in [0.15, 0.2) is 23.8 Å². The SMILES string of the molecule is CCn1cc(CN2CCc3sccc3C2C(=O)O)cn1. The molecule has 20 heavy (non-hydrogen) atoms. The Balaban J connectivity index is 1.84. The van der Waals surface area contributed by atoms with Gasteiger partial charge in [0.15, 0.2) is 0 Å². The van der Waals surface area contributed by atoms with Crippen LogP contribution in [-0.4, -0.2) is 32.3 Å². The first kappa shape index (κ1) is 13.3. The molecule has 2 aromatic rings. The average molecular weight is 291 g/mol. The van der Waals surface area contributed by atoms with Crippen molar-refractivity contribution in [2.24, 2.45) is 0 Å². The van der Waals surface area contributed by atoms with Crippen molar-refractivity contribution in [3.8, 4) is 0 Å². The normalized spacial score (nSPS) is 18.9. The molecule has 1 N–H and O–H groups in total. The maximum absolute atomic E-state index is 11.6. The molecule has 3 heterocycles.